The topological polar surface area (TPSA) is 84.6 Å². The highest BCUT2D eigenvalue weighted by atomic mass is 16.5. The summed E-state index contributed by atoms with van der Waals surface area (Å²) in [6.45, 7) is 1.43. The summed E-state index contributed by atoms with van der Waals surface area (Å²) >= 11 is 0. The van der Waals surface area contributed by atoms with E-state index in [-0.39, 0.29) is 23.6 Å². The molecule has 2 atom stereocenters. The highest BCUT2D eigenvalue weighted by molar-refractivity contribution is 5.79. The molecule has 0 aromatic heterocycles. The van der Waals surface area contributed by atoms with Crippen LogP contribution in [0.3, 0.4) is 0 Å². The Hall–Kier alpha value is -1.59. The van der Waals surface area contributed by atoms with Gasteiger partial charge in [0.2, 0.25) is 5.91 Å². The van der Waals surface area contributed by atoms with Gasteiger partial charge in [-0.3, -0.25) is 4.79 Å². The number of phenolic OH excluding ortho intramolecular Hbond substituents is 1. The van der Waals surface area contributed by atoms with Crippen molar-refractivity contribution in [2.45, 2.75) is 12.5 Å². The molecular formula is C13H18N2O3. The number of amides is 1. The number of benzene rings is 1. The van der Waals surface area contributed by atoms with Gasteiger partial charge >= 0.3 is 0 Å². The van der Waals surface area contributed by atoms with Gasteiger partial charge in [-0.05, 0) is 24.1 Å². The fourth-order valence-electron chi connectivity index (χ4n) is 1.96. The van der Waals surface area contributed by atoms with Crippen LogP contribution in [0.5, 0.6) is 5.75 Å². The zero-order valence-corrected chi connectivity index (χ0v) is 10.1. The van der Waals surface area contributed by atoms with E-state index in [0.717, 1.165) is 12.0 Å². The second-order valence-corrected chi connectivity index (χ2v) is 4.52. The minimum atomic E-state index is -0.232. The van der Waals surface area contributed by atoms with Crippen LogP contribution in [-0.2, 0) is 16.0 Å². The average Bonchev–Trinajstić information content (AvgIpc) is 2.78. The summed E-state index contributed by atoms with van der Waals surface area (Å²) in [5.41, 5.74) is 6.84. The van der Waals surface area contributed by atoms with Crippen molar-refractivity contribution in [3.63, 3.8) is 0 Å². The second kappa shape index (κ2) is 5.84. The van der Waals surface area contributed by atoms with E-state index in [0.29, 0.717) is 19.8 Å². The number of hydrogen-bond acceptors (Lipinski definition) is 4. The van der Waals surface area contributed by atoms with Gasteiger partial charge in [-0.25, -0.2) is 0 Å². The first-order valence-electron chi connectivity index (χ1n) is 6.06. The lowest BCUT2D eigenvalue weighted by Crippen LogP contribution is -2.41. The smallest absolute Gasteiger partial charge is 0.227 e. The fraction of sp³-hybridized carbons (Fsp3) is 0.462. The largest absolute Gasteiger partial charge is 0.508 e. The number of phenols is 1. The molecule has 98 valence electrons. The molecule has 1 heterocycles. The van der Waals surface area contributed by atoms with E-state index in [1.807, 2.05) is 12.1 Å². The molecular weight excluding hydrogens is 232 g/mol. The molecule has 4 N–H and O–H groups in total. The maximum Gasteiger partial charge on any atom is 0.227 e. The molecule has 1 amide bonds. The number of rotatable bonds is 4. The molecule has 0 saturated carbocycles. The number of nitrogens with one attached hydrogen (secondary N) is 1. The number of carbonyl (C=O) groups excluding carboxylic acids is 1. The SMILES string of the molecule is NC1COCC1C(=O)NCCc1ccc(O)cc1. The maximum absolute atomic E-state index is 11.8. The average molecular weight is 250 g/mol. The molecule has 1 aliphatic heterocycles. The lowest BCUT2D eigenvalue weighted by Gasteiger charge is -2.13. The normalized spacial score (nSPS) is 22.9. The molecule has 1 fully saturated rings. The van der Waals surface area contributed by atoms with Crippen LogP contribution in [0.2, 0.25) is 0 Å². The quantitative estimate of drug-likeness (QED) is 0.703. The fourth-order valence-corrected chi connectivity index (χ4v) is 1.96. The van der Waals surface area contributed by atoms with E-state index in [9.17, 15) is 4.79 Å². The van der Waals surface area contributed by atoms with E-state index in [1.54, 1.807) is 12.1 Å². The summed E-state index contributed by atoms with van der Waals surface area (Å²) in [6, 6.07) is 6.76. The molecule has 5 nitrogen and oxygen atoms in total. The third-order valence-corrected chi connectivity index (χ3v) is 3.11. The van der Waals surface area contributed by atoms with Crippen LogP contribution in [0.1, 0.15) is 5.56 Å². The van der Waals surface area contributed by atoms with E-state index >= 15 is 0 Å². The van der Waals surface area contributed by atoms with Crippen molar-refractivity contribution < 1.29 is 14.6 Å². The molecule has 0 spiro atoms. The van der Waals surface area contributed by atoms with E-state index in [4.69, 9.17) is 15.6 Å². The summed E-state index contributed by atoms with van der Waals surface area (Å²) in [4.78, 5) is 11.8. The van der Waals surface area contributed by atoms with Crippen LogP contribution in [0.4, 0.5) is 0 Å². The van der Waals surface area contributed by atoms with Gasteiger partial charge in [0.15, 0.2) is 0 Å². The molecule has 1 saturated heterocycles. The maximum atomic E-state index is 11.8. The number of nitrogens with two attached hydrogens (primary N) is 1. The lowest BCUT2D eigenvalue weighted by molar-refractivity contribution is -0.125. The Labute approximate surface area is 106 Å². The molecule has 1 aromatic carbocycles. The highest BCUT2D eigenvalue weighted by Crippen LogP contribution is 2.12. The third kappa shape index (κ3) is 3.21. The van der Waals surface area contributed by atoms with E-state index in [1.165, 1.54) is 0 Å². The molecule has 2 unspecified atom stereocenters. The minimum absolute atomic E-state index is 0.0428. The number of hydrogen-bond donors (Lipinski definition) is 3. The van der Waals surface area contributed by atoms with Crippen molar-refractivity contribution in [1.82, 2.24) is 5.32 Å². The highest BCUT2D eigenvalue weighted by Gasteiger charge is 2.30. The molecule has 0 bridgehead atoms. The monoisotopic (exact) mass is 250 g/mol. The predicted octanol–water partition coefficient (Wildman–Crippen LogP) is 0.0246. The van der Waals surface area contributed by atoms with Crippen LogP contribution >= 0.6 is 0 Å². The van der Waals surface area contributed by atoms with Crippen molar-refractivity contribution in [1.29, 1.82) is 0 Å². The van der Waals surface area contributed by atoms with Gasteiger partial charge in [0.1, 0.15) is 5.75 Å². The number of ether oxygens (including phenoxy) is 1. The summed E-state index contributed by atoms with van der Waals surface area (Å²) in [5.74, 6) is -0.0274. The Morgan fingerprint density at radius 1 is 1.39 bits per heavy atom. The first-order valence-corrected chi connectivity index (χ1v) is 6.06. The first-order chi connectivity index (χ1) is 8.66. The summed E-state index contributed by atoms with van der Waals surface area (Å²) in [5, 5.41) is 12.0. The van der Waals surface area contributed by atoms with Gasteiger partial charge in [0, 0.05) is 12.6 Å². The molecule has 0 radical (unpaired) electrons. The summed E-state index contributed by atoms with van der Waals surface area (Å²) < 4.78 is 5.15. The Kier molecular flexibility index (Phi) is 4.17. The number of carbonyl (C=O) groups is 1. The van der Waals surface area contributed by atoms with E-state index in [2.05, 4.69) is 5.32 Å². The number of aromatic hydroxyl groups is 1. The Morgan fingerprint density at radius 3 is 2.72 bits per heavy atom. The Balaban J connectivity index is 1.75. The minimum Gasteiger partial charge on any atom is -0.508 e. The van der Waals surface area contributed by atoms with Crippen LogP contribution in [-0.4, -0.2) is 36.8 Å². The third-order valence-electron chi connectivity index (χ3n) is 3.11. The van der Waals surface area contributed by atoms with Crippen LogP contribution in [0.15, 0.2) is 24.3 Å². The zero-order valence-electron chi connectivity index (χ0n) is 10.1. The molecule has 1 aliphatic rings. The van der Waals surface area contributed by atoms with Gasteiger partial charge in [-0.15, -0.1) is 0 Å². The zero-order chi connectivity index (χ0) is 13.0. The van der Waals surface area contributed by atoms with Crippen molar-refractivity contribution in [3.8, 4) is 5.75 Å². The van der Waals surface area contributed by atoms with Gasteiger partial charge in [0.05, 0.1) is 19.1 Å². The van der Waals surface area contributed by atoms with Crippen LogP contribution in [0.25, 0.3) is 0 Å². The molecule has 1 aromatic rings. The molecule has 2 rings (SSSR count). The van der Waals surface area contributed by atoms with Crippen molar-refractivity contribution in [3.05, 3.63) is 29.8 Å². The van der Waals surface area contributed by atoms with Gasteiger partial charge in [-0.2, -0.15) is 0 Å². The van der Waals surface area contributed by atoms with Crippen LogP contribution < -0.4 is 11.1 Å². The van der Waals surface area contributed by atoms with Gasteiger partial charge in [0.25, 0.3) is 0 Å². The van der Waals surface area contributed by atoms with Crippen molar-refractivity contribution in [2.75, 3.05) is 19.8 Å². The summed E-state index contributed by atoms with van der Waals surface area (Å²) in [7, 11) is 0. The lowest BCUT2D eigenvalue weighted by atomic mass is 10.0. The predicted molar refractivity (Wildman–Crippen MR) is 67.1 cm³/mol. The standard InChI is InChI=1S/C13H18N2O3/c14-12-8-18-7-11(12)13(17)15-6-5-9-1-3-10(16)4-2-9/h1-4,11-12,16H,5-8,14H2,(H,15,17). The van der Waals surface area contributed by atoms with Crippen LogP contribution in [0, 0.1) is 5.92 Å². The van der Waals surface area contributed by atoms with Crippen molar-refractivity contribution >= 4 is 5.91 Å². The summed E-state index contributed by atoms with van der Waals surface area (Å²) in [6.07, 6.45) is 0.731. The molecule has 0 aliphatic carbocycles. The Morgan fingerprint density at radius 2 is 2.11 bits per heavy atom. The van der Waals surface area contributed by atoms with Gasteiger partial charge < -0.3 is 20.9 Å². The molecule has 5 heteroatoms. The molecule has 18 heavy (non-hydrogen) atoms. The first kappa shape index (κ1) is 12.9. The Bertz CT molecular complexity index is 405. The van der Waals surface area contributed by atoms with Crippen molar-refractivity contribution in [2.24, 2.45) is 11.7 Å². The van der Waals surface area contributed by atoms with Gasteiger partial charge in [-0.1, -0.05) is 12.1 Å². The second-order valence-electron chi connectivity index (χ2n) is 4.52. The van der Waals surface area contributed by atoms with E-state index < -0.39 is 0 Å².